The highest BCUT2D eigenvalue weighted by atomic mass is 16.7. The molecule has 0 saturated carbocycles. The van der Waals surface area contributed by atoms with Gasteiger partial charge in [-0.1, -0.05) is 303 Å². The molecule has 0 aromatic heterocycles. The van der Waals surface area contributed by atoms with E-state index >= 15 is 0 Å². The standard InChI is InChI=1S/C63H123NO8/c1-6-8-10-12-14-16-18-20-21-22-23-24-25-26-27-28-29-30-31-32-33-34-35-36-37-38-39-40-42-44-46-48-50-52-54-61(66)72-59(58-71-63(62(67)68)69-56-55-64(3,4)5)57-70-60(65)53-51-49-47-45-43-41-19-17-15-13-11-9-7-2/h59,63H,6-58H2,1-5H3. The lowest BCUT2D eigenvalue weighted by atomic mass is 10.0. The molecule has 0 saturated heterocycles. The van der Waals surface area contributed by atoms with E-state index < -0.39 is 24.3 Å². The molecular weight excluding hydrogens is 899 g/mol. The van der Waals surface area contributed by atoms with E-state index in [1.807, 2.05) is 21.1 Å². The van der Waals surface area contributed by atoms with Gasteiger partial charge >= 0.3 is 11.9 Å². The van der Waals surface area contributed by atoms with E-state index in [0.717, 1.165) is 38.5 Å². The molecule has 0 aromatic carbocycles. The topological polar surface area (TPSA) is 111 Å². The maximum Gasteiger partial charge on any atom is 0.306 e. The number of carboxylic acids is 1. The molecule has 9 heteroatoms. The van der Waals surface area contributed by atoms with E-state index in [9.17, 15) is 19.5 Å². The van der Waals surface area contributed by atoms with Gasteiger partial charge in [0.25, 0.3) is 0 Å². The summed E-state index contributed by atoms with van der Waals surface area (Å²) in [6, 6.07) is 0. The predicted molar refractivity (Wildman–Crippen MR) is 302 cm³/mol. The molecule has 0 bridgehead atoms. The number of carboxylic acid groups (broad SMARTS) is 1. The van der Waals surface area contributed by atoms with Gasteiger partial charge in [0.05, 0.1) is 40.3 Å². The predicted octanol–water partition coefficient (Wildman–Crippen LogP) is 17.4. The lowest BCUT2D eigenvalue weighted by Crippen LogP contribution is -2.44. The molecular formula is C63H123NO8. The summed E-state index contributed by atoms with van der Waals surface area (Å²) < 4.78 is 22.7. The quantitative estimate of drug-likeness (QED) is 0.0256. The van der Waals surface area contributed by atoms with Crippen molar-refractivity contribution in [3.8, 4) is 0 Å². The molecule has 0 fully saturated rings. The first-order valence-corrected chi connectivity index (χ1v) is 31.7. The molecule has 0 N–H and O–H groups in total. The largest absolute Gasteiger partial charge is 0.545 e. The minimum Gasteiger partial charge on any atom is -0.545 e. The zero-order valence-corrected chi connectivity index (χ0v) is 48.8. The van der Waals surface area contributed by atoms with Gasteiger partial charge in [-0.2, -0.15) is 0 Å². The van der Waals surface area contributed by atoms with Crippen LogP contribution < -0.4 is 5.11 Å². The molecule has 0 aliphatic carbocycles. The molecule has 428 valence electrons. The van der Waals surface area contributed by atoms with E-state index in [-0.39, 0.29) is 32.2 Å². The summed E-state index contributed by atoms with van der Waals surface area (Å²) in [6.45, 7) is 4.81. The Morgan fingerprint density at radius 1 is 0.361 bits per heavy atom. The molecule has 0 amide bonds. The van der Waals surface area contributed by atoms with Crippen LogP contribution in [0.4, 0.5) is 0 Å². The monoisotopic (exact) mass is 1020 g/mol. The number of nitrogens with zero attached hydrogens (tertiary/aromatic N) is 1. The van der Waals surface area contributed by atoms with Crippen molar-refractivity contribution in [2.24, 2.45) is 0 Å². The van der Waals surface area contributed by atoms with Crippen molar-refractivity contribution < 1.29 is 42.9 Å². The van der Waals surface area contributed by atoms with E-state index in [4.69, 9.17) is 18.9 Å². The maximum atomic E-state index is 12.9. The molecule has 2 unspecified atom stereocenters. The second-order valence-electron chi connectivity index (χ2n) is 23.1. The zero-order valence-electron chi connectivity index (χ0n) is 48.8. The highest BCUT2D eigenvalue weighted by molar-refractivity contribution is 5.70. The smallest absolute Gasteiger partial charge is 0.306 e. The lowest BCUT2D eigenvalue weighted by molar-refractivity contribution is -0.870. The number of aliphatic carboxylic acids is 1. The Labute approximate surface area is 447 Å². The summed E-state index contributed by atoms with van der Waals surface area (Å²) >= 11 is 0. The van der Waals surface area contributed by atoms with Gasteiger partial charge in [0.2, 0.25) is 0 Å². The van der Waals surface area contributed by atoms with Crippen molar-refractivity contribution in [3.05, 3.63) is 0 Å². The van der Waals surface area contributed by atoms with Gasteiger partial charge in [0.1, 0.15) is 13.2 Å². The minimum absolute atomic E-state index is 0.153. The zero-order chi connectivity index (χ0) is 52.7. The number of esters is 2. The van der Waals surface area contributed by atoms with Gasteiger partial charge in [0, 0.05) is 12.8 Å². The number of hydrogen-bond donors (Lipinski definition) is 0. The summed E-state index contributed by atoms with van der Waals surface area (Å²) in [6.07, 6.45) is 60.5. The van der Waals surface area contributed by atoms with Crippen LogP contribution in [0.1, 0.15) is 328 Å². The minimum atomic E-state index is -1.61. The van der Waals surface area contributed by atoms with Gasteiger partial charge in [-0.25, -0.2) is 0 Å². The number of unbranched alkanes of at least 4 members (excludes halogenated alkanes) is 45. The van der Waals surface area contributed by atoms with Crippen molar-refractivity contribution in [1.29, 1.82) is 0 Å². The van der Waals surface area contributed by atoms with Crippen LogP contribution >= 0.6 is 0 Å². The van der Waals surface area contributed by atoms with Gasteiger partial charge in [-0.3, -0.25) is 9.59 Å². The second kappa shape index (κ2) is 55.5. The molecule has 0 spiro atoms. The molecule has 2 atom stereocenters. The first-order chi connectivity index (χ1) is 35.1. The fourth-order valence-electron chi connectivity index (χ4n) is 9.72. The van der Waals surface area contributed by atoms with Crippen LogP contribution in [0.3, 0.4) is 0 Å². The van der Waals surface area contributed by atoms with Crippen molar-refractivity contribution in [2.75, 3.05) is 47.5 Å². The van der Waals surface area contributed by atoms with E-state index in [0.29, 0.717) is 17.4 Å². The Balaban J connectivity index is 3.96. The van der Waals surface area contributed by atoms with Crippen LogP contribution in [0.5, 0.6) is 0 Å². The molecule has 0 radical (unpaired) electrons. The Hall–Kier alpha value is -1.71. The number of carbonyl (C=O) groups is 3. The van der Waals surface area contributed by atoms with Gasteiger partial charge in [-0.15, -0.1) is 0 Å². The Kier molecular flexibility index (Phi) is 54.2. The van der Waals surface area contributed by atoms with Gasteiger partial charge in [-0.05, 0) is 12.8 Å². The molecule has 0 aromatic rings. The van der Waals surface area contributed by atoms with Crippen molar-refractivity contribution in [3.63, 3.8) is 0 Å². The third kappa shape index (κ3) is 56.0. The number of quaternary nitrogens is 1. The van der Waals surface area contributed by atoms with Gasteiger partial charge in [0.15, 0.2) is 12.4 Å². The Morgan fingerprint density at radius 3 is 0.889 bits per heavy atom. The van der Waals surface area contributed by atoms with E-state index in [1.165, 1.54) is 263 Å². The average molecular weight is 1020 g/mol. The third-order valence-corrected chi connectivity index (χ3v) is 14.6. The number of carbonyl (C=O) groups excluding carboxylic acids is 3. The SMILES string of the molecule is CCCCCCCCCCCCCCCCCCCCCCCCCCCCCCCCCCCCC(=O)OC(COC(=O)CCCCCCCCCCCCCCC)COC(OCC[N+](C)(C)C)C(=O)[O-]. The highest BCUT2D eigenvalue weighted by Crippen LogP contribution is 2.19. The summed E-state index contributed by atoms with van der Waals surface area (Å²) in [5.74, 6) is -2.25. The van der Waals surface area contributed by atoms with E-state index in [2.05, 4.69) is 13.8 Å². The first-order valence-electron chi connectivity index (χ1n) is 31.7. The Morgan fingerprint density at radius 2 is 0.625 bits per heavy atom. The number of rotatable bonds is 60. The Bertz CT molecular complexity index is 1140. The summed E-state index contributed by atoms with van der Waals surface area (Å²) in [5, 5.41) is 11.8. The summed E-state index contributed by atoms with van der Waals surface area (Å²) in [7, 11) is 5.94. The summed E-state index contributed by atoms with van der Waals surface area (Å²) in [4.78, 5) is 37.2. The highest BCUT2D eigenvalue weighted by Gasteiger charge is 2.22. The lowest BCUT2D eigenvalue weighted by Gasteiger charge is -2.26. The molecule has 0 aliphatic rings. The van der Waals surface area contributed by atoms with Crippen LogP contribution in [-0.4, -0.2) is 82.3 Å². The molecule has 0 rings (SSSR count). The van der Waals surface area contributed by atoms with Crippen molar-refractivity contribution in [2.45, 2.75) is 341 Å². The van der Waals surface area contributed by atoms with Crippen molar-refractivity contribution >= 4 is 17.9 Å². The van der Waals surface area contributed by atoms with Gasteiger partial charge < -0.3 is 33.3 Å². The van der Waals surface area contributed by atoms with Crippen LogP contribution in [0.2, 0.25) is 0 Å². The maximum absolute atomic E-state index is 12.9. The molecule has 9 nitrogen and oxygen atoms in total. The molecule has 0 heterocycles. The number of likely N-dealkylation sites (N-methyl/N-ethyl adjacent to an activating group) is 1. The fraction of sp³-hybridized carbons (Fsp3) is 0.952. The average Bonchev–Trinajstić information content (AvgIpc) is 3.35. The third-order valence-electron chi connectivity index (χ3n) is 14.6. The van der Waals surface area contributed by atoms with E-state index in [1.54, 1.807) is 0 Å². The number of ether oxygens (including phenoxy) is 4. The normalized spacial score (nSPS) is 12.6. The van der Waals surface area contributed by atoms with Crippen LogP contribution in [0, 0.1) is 0 Å². The second-order valence-corrected chi connectivity index (χ2v) is 23.1. The van der Waals surface area contributed by atoms with Crippen LogP contribution in [0.15, 0.2) is 0 Å². The molecule has 0 aliphatic heterocycles. The first kappa shape index (κ1) is 70.3. The van der Waals surface area contributed by atoms with Crippen LogP contribution in [-0.2, 0) is 33.3 Å². The number of hydrogen-bond acceptors (Lipinski definition) is 8. The van der Waals surface area contributed by atoms with Crippen LogP contribution in [0.25, 0.3) is 0 Å². The molecule has 72 heavy (non-hydrogen) atoms. The summed E-state index contributed by atoms with van der Waals surface area (Å²) in [5.41, 5.74) is 0. The van der Waals surface area contributed by atoms with Crippen molar-refractivity contribution in [1.82, 2.24) is 0 Å². The fourth-order valence-corrected chi connectivity index (χ4v) is 9.72.